The Bertz CT molecular complexity index is 610. The second-order valence-corrected chi connectivity index (χ2v) is 6.90. The van der Waals surface area contributed by atoms with Crippen molar-refractivity contribution in [2.45, 2.75) is 72.4 Å². The van der Waals surface area contributed by atoms with Crippen molar-refractivity contribution < 1.29 is 19.4 Å². The van der Waals surface area contributed by atoms with Crippen LogP contribution in [0.2, 0.25) is 0 Å². The monoisotopic (exact) mass is 392 g/mol. The second-order valence-electron chi connectivity index (χ2n) is 6.90. The number of carbonyl (C=O) groups excluding carboxylic acids is 1. The summed E-state index contributed by atoms with van der Waals surface area (Å²) >= 11 is 0. The fourth-order valence-corrected chi connectivity index (χ4v) is 0.727. The van der Waals surface area contributed by atoms with Crippen LogP contribution >= 0.6 is 0 Å². The van der Waals surface area contributed by atoms with Crippen LogP contribution in [-0.4, -0.2) is 34.7 Å². The highest BCUT2D eigenvalue weighted by atomic mass is 16.5. The van der Waals surface area contributed by atoms with Gasteiger partial charge in [0.2, 0.25) is 0 Å². The molecule has 0 aliphatic rings. The van der Waals surface area contributed by atoms with E-state index in [0.717, 1.165) is 12.8 Å². The van der Waals surface area contributed by atoms with Crippen molar-refractivity contribution >= 4 is 11.9 Å². The minimum absolute atomic E-state index is 0.176. The van der Waals surface area contributed by atoms with Crippen LogP contribution in [0.1, 0.15) is 61.3 Å². The first-order valence-corrected chi connectivity index (χ1v) is 8.63. The third-order valence-corrected chi connectivity index (χ3v) is 2.54. The summed E-state index contributed by atoms with van der Waals surface area (Å²) in [7, 11) is 0. The summed E-state index contributed by atoms with van der Waals surface area (Å²) in [6.07, 6.45) is 1.97. The van der Waals surface area contributed by atoms with E-state index in [1.54, 1.807) is 34.6 Å². The number of carboxylic acid groups (broad SMARTS) is 1. The smallest absolute Gasteiger partial charge is 0.333 e. The molecule has 0 fully saturated rings. The molecule has 0 saturated heterocycles. The fraction of sp³-hybridized carbons (Fsp3) is 0.600. The average Bonchev–Trinajstić information content (AvgIpc) is 2.61. The zero-order valence-electron chi connectivity index (χ0n) is 18.0. The van der Waals surface area contributed by atoms with E-state index in [-0.39, 0.29) is 11.5 Å². The summed E-state index contributed by atoms with van der Waals surface area (Å²) in [5.74, 6) is -1.22. The highest BCUT2D eigenvalue weighted by molar-refractivity contribution is 5.86. The molecule has 1 N–H and O–H groups in total. The van der Waals surface area contributed by atoms with E-state index in [2.05, 4.69) is 30.3 Å². The molecular weight excluding hydrogens is 360 g/mol. The van der Waals surface area contributed by atoms with Crippen LogP contribution < -0.4 is 0 Å². The van der Waals surface area contributed by atoms with Gasteiger partial charge in [0.1, 0.15) is 0 Å². The SMILES string of the molecule is C=C(C)C(=O)O.C=C(C)C(=O)OCCCC.CC(C)(C#N)/N=N/C(C)(C)C#N. The lowest BCUT2D eigenvalue weighted by molar-refractivity contribution is -0.139. The lowest BCUT2D eigenvalue weighted by Gasteiger charge is -2.11. The van der Waals surface area contributed by atoms with Gasteiger partial charge < -0.3 is 9.84 Å². The van der Waals surface area contributed by atoms with Gasteiger partial charge in [0.05, 0.1) is 18.7 Å². The summed E-state index contributed by atoms with van der Waals surface area (Å²) in [6, 6.07) is 3.94. The number of nitriles is 2. The highest BCUT2D eigenvalue weighted by Crippen LogP contribution is 2.13. The molecule has 0 aromatic carbocycles. The summed E-state index contributed by atoms with van der Waals surface area (Å²) in [6.45, 7) is 18.8. The van der Waals surface area contributed by atoms with Crippen molar-refractivity contribution in [3.05, 3.63) is 24.3 Å². The Balaban J connectivity index is -0.000000354. The molecule has 0 aromatic heterocycles. The first-order chi connectivity index (χ1) is 12.7. The number of rotatable bonds is 7. The Morgan fingerprint density at radius 3 is 1.57 bits per heavy atom. The molecule has 0 heterocycles. The Hall–Kier alpha value is -3.00. The van der Waals surface area contributed by atoms with Gasteiger partial charge >= 0.3 is 11.9 Å². The number of esters is 1. The molecule has 0 aliphatic heterocycles. The van der Waals surface area contributed by atoms with Gasteiger partial charge in [-0.15, -0.1) is 0 Å². The van der Waals surface area contributed by atoms with Gasteiger partial charge in [-0.25, -0.2) is 9.59 Å². The first-order valence-electron chi connectivity index (χ1n) is 8.63. The van der Waals surface area contributed by atoms with Crippen molar-refractivity contribution in [2.75, 3.05) is 6.61 Å². The van der Waals surface area contributed by atoms with Crippen molar-refractivity contribution in [1.82, 2.24) is 0 Å². The zero-order chi connectivity index (χ0) is 23.0. The standard InChI is InChI=1S/C8H12N4.C8H14O2.C4H6O2/c1-7(2,5-9)11-12-8(3,4)6-10;1-4-5-6-10-8(9)7(2)3;1-3(2)4(5)6/h1-4H3;2,4-6H2,1,3H3;1H2,2H3,(H,5,6)/b12-11+;;. The lowest BCUT2D eigenvalue weighted by atomic mass is 10.1. The number of carboxylic acids is 1. The molecule has 0 aromatic rings. The third kappa shape index (κ3) is 21.0. The normalized spacial score (nSPS) is 10.2. The van der Waals surface area contributed by atoms with Crippen molar-refractivity contribution in [3.63, 3.8) is 0 Å². The molecule has 156 valence electrons. The molecule has 0 saturated carbocycles. The van der Waals surface area contributed by atoms with Crippen LogP contribution in [-0.2, 0) is 14.3 Å². The maximum Gasteiger partial charge on any atom is 0.333 e. The summed E-state index contributed by atoms with van der Waals surface area (Å²) in [5.41, 5.74) is -1.03. The van der Waals surface area contributed by atoms with Gasteiger partial charge in [-0.2, -0.15) is 20.8 Å². The average molecular weight is 393 g/mol. The Morgan fingerprint density at radius 2 is 1.36 bits per heavy atom. The second kappa shape index (κ2) is 15.1. The van der Waals surface area contributed by atoms with Crippen LogP contribution in [0.4, 0.5) is 0 Å². The van der Waals surface area contributed by atoms with E-state index >= 15 is 0 Å². The molecule has 28 heavy (non-hydrogen) atoms. The fourth-order valence-electron chi connectivity index (χ4n) is 0.727. The summed E-state index contributed by atoms with van der Waals surface area (Å²) < 4.78 is 4.81. The maximum absolute atomic E-state index is 10.7. The van der Waals surface area contributed by atoms with Crippen molar-refractivity contribution in [1.29, 1.82) is 10.5 Å². The topological polar surface area (TPSA) is 136 Å². The largest absolute Gasteiger partial charge is 0.478 e. The number of hydrogen-bond donors (Lipinski definition) is 1. The van der Waals surface area contributed by atoms with E-state index in [1.807, 2.05) is 12.1 Å². The van der Waals surface area contributed by atoms with E-state index in [4.69, 9.17) is 20.4 Å². The lowest BCUT2D eigenvalue weighted by Crippen LogP contribution is -2.17. The number of ether oxygens (including phenoxy) is 1. The molecule has 0 bridgehead atoms. The van der Waals surface area contributed by atoms with Gasteiger partial charge in [-0.1, -0.05) is 26.5 Å². The Kier molecular flexibility index (Phi) is 16.0. The van der Waals surface area contributed by atoms with Crippen LogP contribution in [0.5, 0.6) is 0 Å². The molecule has 8 heteroatoms. The maximum atomic E-state index is 10.7. The Labute approximate surface area is 168 Å². The number of unbranched alkanes of at least 4 members (excludes halogenated alkanes) is 1. The summed E-state index contributed by atoms with van der Waals surface area (Å²) in [4.78, 5) is 20.3. The zero-order valence-corrected chi connectivity index (χ0v) is 18.0. The van der Waals surface area contributed by atoms with Gasteiger partial charge in [0, 0.05) is 11.1 Å². The van der Waals surface area contributed by atoms with E-state index in [0.29, 0.717) is 12.2 Å². The van der Waals surface area contributed by atoms with E-state index < -0.39 is 17.0 Å². The van der Waals surface area contributed by atoms with Crippen LogP contribution in [0.15, 0.2) is 34.5 Å². The first kappa shape index (κ1) is 29.8. The number of carbonyl (C=O) groups is 2. The highest BCUT2D eigenvalue weighted by Gasteiger charge is 2.19. The van der Waals surface area contributed by atoms with Crippen LogP contribution in [0.25, 0.3) is 0 Å². The molecule has 8 nitrogen and oxygen atoms in total. The molecule has 0 aliphatic carbocycles. The van der Waals surface area contributed by atoms with Gasteiger partial charge in [-0.05, 0) is 48.0 Å². The number of azo groups is 1. The molecule has 0 unspecified atom stereocenters. The molecule has 0 amide bonds. The molecule has 0 radical (unpaired) electrons. The Morgan fingerprint density at radius 1 is 1.00 bits per heavy atom. The van der Waals surface area contributed by atoms with Gasteiger partial charge in [0.15, 0.2) is 11.1 Å². The minimum atomic E-state index is -0.935. The predicted octanol–water partition coefficient (Wildman–Crippen LogP) is 4.60. The van der Waals surface area contributed by atoms with Crippen molar-refractivity contribution in [2.24, 2.45) is 10.2 Å². The van der Waals surface area contributed by atoms with Crippen LogP contribution in [0.3, 0.4) is 0 Å². The molecule has 0 atom stereocenters. The van der Waals surface area contributed by atoms with E-state index in [9.17, 15) is 9.59 Å². The minimum Gasteiger partial charge on any atom is -0.478 e. The number of nitrogens with zero attached hydrogens (tertiary/aromatic N) is 4. The molecule has 0 rings (SSSR count). The number of hydrogen-bond acceptors (Lipinski definition) is 7. The number of aliphatic carboxylic acids is 1. The molecular formula is C20H32N4O4. The van der Waals surface area contributed by atoms with Gasteiger partial charge in [-0.3, -0.25) is 0 Å². The molecule has 0 spiro atoms. The van der Waals surface area contributed by atoms with E-state index in [1.165, 1.54) is 6.92 Å². The summed E-state index contributed by atoms with van der Waals surface area (Å²) in [5, 5.41) is 32.6. The van der Waals surface area contributed by atoms with Crippen LogP contribution in [0, 0.1) is 22.7 Å². The third-order valence-electron chi connectivity index (χ3n) is 2.54. The predicted molar refractivity (Wildman–Crippen MR) is 107 cm³/mol. The van der Waals surface area contributed by atoms with Gasteiger partial charge in [0.25, 0.3) is 0 Å². The quantitative estimate of drug-likeness (QED) is 0.291. The van der Waals surface area contributed by atoms with Crippen molar-refractivity contribution in [3.8, 4) is 12.1 Å².